The normalized spacial score (nSPS) is 9.76. The summed E-state index contributed by atoms with van der Waals surface area (Å²) < 4.78 is 10.2. The van der Waals surface area contributed by atoms with E-state index in [0.29, 0.717) is 23.3 Å². The number of aldehydes is 1. The summed E-state index contributed by atoms with van der Waals surface area (Å²) in [5, 5.41) is 2.53. The van der Waals surface area contributed by atoms with Gasteiger partial charge in [-0.2, -0.15) is 0 Å². The first-order valence-corrected chi connectivity index (χ1v) is 6.34. The van der Waals surface area contributed by atoms with Crippen molar-refractivity contribution in [3.63, 3.8) is 0 Å². The number of hydrogen-bond donors (Lipinski definition) is 1. The third-order valence-corrected chi connectivity index (χ3v) is 2.85. The van der Waals surface area contributed by atoms with Gasteiger partial charge in [0.2, 0.25) is 0 Å². The van der Waals surface area contributed by atoms with Crippen molar-refractivity contribution in [2.75, 3.05) is 12.4 Å². The van der Waals surface area contributed by atoms with E-state index in [1.54, 1.807) is 18.2 Å². The quantitative estimate of drug-likeness (QED) is 0.856. The lowest BCUT2D eigenvalue weighted by Crippen LogP contribution is -2.15. The monoisotopic (exact) mass is 285 g/mol. The van der Waals surface area contributed by atoms with Gasteiger partial charge in [0.15, 0.2) is 6.29 Å². The zero-order valence-corrected chi connectivity index (χ0v) is 11.5. The van der Waals surface area contributed by atoms with Crippen LogP contribution in [0, 0.1) is 0 Å². The van der Waals surface area contributed by atoms with Crippen molar-refractivity contribution in [1.29, 1.82) is 0 Å². The van der Waals surface area contributed by atoms with Gasteiger partial charge in [-0.25, -0.2) is 4.79 Å². The van der Waals surface area contributed by atoms with Gasteiger partial charge in [0.25, 0.3) is 0 Å². The van der Waals surface area contributed by atoms with Gasteiger partial charge in [0.1, 0.15) is 12.4 Å². The number of nitrogens with one attached hydrogen (secondary N) is 1. The first-order chi connectivity index (χ1) is 10.2. The van der Waals surface area contributed by atoms with Crippen molar-refractivity contribution < 1.29 is 19.1 Å². The molecule has 0 fully saturated rings. The molecule has 0 unspecified atom stereocenters. The number of anilines is 1. The van der Waals surface area contributed by atoms with Crippen LogP contribution >= 0.6 is 0 Å². The summed E-state index contributed by atoms with van der Waals surface area (Å²) in [4.78, 5) is 22.8. The molecular formula is C16H15NO4. The van der Waals surface area contributed by atoms with Crippen LogP contribution in [0.1, 0.15) is 15.9 Å². The van der Waals surface area contributed by atoms with Crippen LogP contribution in [0.4, 0.5) is 10.5 Å². The van der Waals surface area contributed by atoms with Crippen molar-refractivity contribution in [2.45, 2.75) is 6.61 Å². The van der Waals surface area contributed by atoms with Crippen LogP contribution in [0.2, 0.25) is 0 Å². The second-order valence-corrected chi connectivity index (χ2v) is 4.23. The predicted octanol–water partition coefficient (Wildman–Crippen LogP) is 3.26. The molecule has 1 N–H and O–H groups in total. The van der Waals surface area contributed by atoms with Crippen LogP contribution in [0.25, 0.3) is 0 Å². The van der Waals surface area contributed by atoms with Gasteiger partial charge in [0, 0.05) is 5.56 Å². The highest BCUT2D eigenvalue weighted by Crippen LogP contribution is 2.27. The fraction of sp³-hybridized carbons (Fsp3) is 0.125. The Balaban J connectivity index is 2.04. The molecule has 5 nitrogen and oxygen atoms in total. The third kappa shape index (κ3) is 3.82. The standard InChI is InChI=1S/C16H15NO4/c1-20-14-9-5-8-13(10-18)15(14)17-16(19)21-11-12-6-3-2-4-7-12/h2-10H,11H2,1H3,(H,17,19). The summed E-state index contributed by atoms with van der Waals surface area (Å²) in [6.45, 7) is 0.151. The minimum absolute atomic E-state index is 0.151. The molecule has 0 radical (unpaired) electrons. The molecule has 0 bridgehead atoms. The van der Waals surface area contributed by atoms with Crippen LogP contribution in [0.5, 0.6) is 5.75 Å². The van der Waals surface area contributed by atoms with Gasteiger partial charge in [-0.1, -0.05) is 36.4 Å². The highest BCUT2D eigenvalue weighted by Gasteiger charge is 2.12. The van der Waals surface area contributed by atoms with E-state index >= 15 is 0 Å². The van der Waals surface area contributed by atoms with Crippen LogP contribution in [0.3, 0.4) is 0 Å². The van der Waals surface area contributed by atoms with E-state index in [1.165, 1.54) is 7.11 Å². The van der Waals surface area contributed by atoms with E-state index in [1.807, 2.05) is 30.3 Å². The number of rotatable bonds is 5. The van der Waals surface area contributed by atoms with E-state index in [0.717, 1.165) is 5.56 Å². The molecule has 0 aromatic heterocycles. The molecule has 0 heterocycles. The molecular weight excluding hydrogens is 270 g/mol. The lowest BCUT2D eigenvalue weighted by atomic mass is 10.2. The SMILES string of the molecule is COc1cccc(C=O)c1NC(=O)OCc1ccccc1. The smallest absolute Gasteiger partial charge is 0.412 e. The molecule has 0 aliphatic rings. The van der Waals surface area contributed by atoms with Crippen molar-refractivity contribution in [1.82, 2.24) is 0 Å². The molecule has 21 heavy (non-hydrogen) atoms. The topological polar surface area (TPSA) is 64.6 Å². The zero-order chi connectivity index (χ0) is 15.1. The van der Waals surface area contributed by atoms with E-state index in [4.69, 9.17) is 9.47 Å². The van der Waals surface area contributed by atoms with Gasteiger partial charge >= 0.3 is 6.09 Å². The molecule has 0 saturated carbocycles. The number of methoxy groups -OCH3 is 1. The Morgan fingerprint density at radius 1 is 1.14 bits per heavy atom. The number of amides is 1. The van der Waals surface area contributed by atoms with Crippen molar-refractivity contribution in [2.24, 2.45) is 0 Å². The average molecular weight is 285 g/mol. The maximum Gasteiger partial charge on any atom is 0.412 e. The molecule has 0 spiro atoms. The number of ether oxygens (including phenoxy) is 2. The van der Waals surface area contributed by atoms with Crippen LogP contribution in [-0.2, 0) is 11.3 Å². The highest BCUT2D eigenvalue weighted by atomic mass is 16.5. The Morgan fingerprint density at radius 2 is 1.90 bits per heavy atom. The summed E-state index contributed by atoms with van der Waals surface area (Å²) in [6.07, 6.45) is 0.00134. The zero-order valence-electron chi connectivity index (χ0n) is 11.5. The molecule has 0 saturated heterocycles. The maximum absolute atomic E-state index is 11.8. The molecule has 0 aliphatic heterocycles. The van der Waals surface area contributed by atoms with Gasteiger partial charge in [-0.3, -0.25) is 10.1 Å². The van der Waals surface area contributed by atoms with Crippen LogP contribution in [0.15, 0.2) is 48.5 Å². The Bertz CT molecular complexity index is 625. The summed E-state index contributed by atoms with van der Waals surface area (Å²) in [5.74, 6) is 0.399. The van der Waals surface area contributed by atoms with Crippen molar-refractivity contribution in [3.8, 4) is 5.75 Å². The lowest BCUT2D eigenvalue weighted by Gasteiger charge is -2.12. The number of carbonyl (C=O) groups excluding carboxylic acids is 2. The molecule has 0 aliphatic carbocycles. The van der Waals surface area contributed by atoms with Gasteiger partial charge in [0.05, 0.1) is 12.8 Å². The Kier molecular flexibility index (Phi) is 4.93. The summed E-state index contributed by atoms with van der Waals surface area (Å²) >= 11 is 0. The second-order valence-electron chi connectivity index (χ2n) is 4.23. The van der Waals surface area contributed by atoms with Gasteiger partial charge in [-0.15, -0.1) is 0 Å². The van der Waals surface area contributed by atoms with E-state index in [-0.39, 0.29) is 6.61 Å². The van der Waals surface area contributed by atoms with Gasteiger partial charge in [-0.05, 0) is 17.7 Å². The lowest BCUT2D eigenvalue weighted by molar-refractivity contribution is 0.112. The number of benzene rings is 2. The van der Waals surface area contributed by atoms with Crippen molar-refractivity contribution >= 4 is 18.1 Å². The molecule has 2 aromatic rings. The number of hydrogen-bond acceptors (Lipinski definition) is 4. The van der Waals surface area contributed by atoms with Crippen molar-refractivity contribution in [3.05, 3.63) is 59.7 Å². The molecule has 108 valence electrons. The molecule has 5 heteroatoms. The Hall–Kier alpha value is -2.82. The molecule has 2 aromatic carbocycles. The minimum atomic E-state index is -0.647. The number of para-hydroxylation sites is 1. The summed E-state index contributed by atoms with van der Waals surface area (Å²) in [5.41, 5.74) is 1.50. The summed E-state index contributed by atoms with van der Waals surface area (Å²) in [6, 6.07) is 14.2. The molecule has 1 amide bonds. The maximum atomic E-state index is 11.8. The number of carbonyl (C=O) groups is 2. The first kappa shape index (κ1) is 14.6. The third-order valence-electron chi connectivity index (χ3n) is 2.85. The predicted molar refractivity (Wildman–Crippen MR) is 78.6 cm³/mol. The van der Waals surface area contributed by atoms with Crippen LogP contribution < -0.4 is 10.1 Å². The molecule has 0 atom stereocenters. The van der Waals surface area contributed by atoms with Crippen LogP contribution in [-0.4, -0.2) is 19.5 Å². The van der Waals surface area contributed by atoms with E-state index in [2.05, 4.69) is 5.32 Å². The average Bonchev–Trinajstić information content (AvgIpc) is 2.54. The fourth-order valence-corrected chi connectivity index (χ4v) is 1.81. The van der Waals surface area contributed by atoms with E-state index in [9.17, 15) is 9.59 Å². The minimum Gasteiger partial charge on any atom is -0.495 e. The van der Waals surface area contributed by atoms with E-state index < -0.39 is 6.09 Å². The first-order valence-electron chi connectivity index (χ1n) is 6.34. The second kappa shape index (κ2) is 7.09. The highest BCUT2D eigenvalue weighted by molar-refractivity contribution is 5.95. The fourth-order valence-electron chi connectivity index (χ4n) is 1.81. The Labute approximate surface area is 122 Å². The molecule has 2 rings (SSSR count). The summed E-state index contributed by atoms with van der Waals surface area (Å²) in [7, 11) is 1.46. The van der Waals surface area contributed by atoms with Gasteiger partial charge < -0.3 is 9.47 Å². The Morgan fingerprint density at radius 3 is 2.57 bits per heavy atom. The largest absolute Gasteiger partial charge is 0.495 e.